The SMILES string of the molecule is CC(C)COCC=CC=O. The minimum Gasteiger partial charge on any atom is -0.377 e. The van der Waals surface area contributed by atoms with Gasteiger partial charge >= 0.3 is 0 Å². The lowest BCUT2D eigenvalue weighted by Gasteiger charge is -2.02. The van der Waals surface area contributed by atoms with E-state index in [4.69, 9.17) is 4.74 Å². The van der Waals surface area contributed by atoms with Crippen LogP contribution in [0.5, 0.6) is 0 Å². The summed E-state index contributed by atoms with van der Waals surface area (Å²) in [6.07, 6.45) is 3.90. The summed E-state index contributed by atoms with van der Waals surface area (Å²) >= 11 is 0. The van der Waals surface area contributed by atoms with Crippen molar-refractivity contribution >= 4 is 6.29 Å². The average molecular weight is 142 g/mol. The topological polar surface area (TPSA) is 26.3 Å². The van der Waals surface area contributed by atoms with Crippen LogP contribution in [0.2, 0.25) is 0 Å². The second kappa shape index (κ2) is 6.49. The third-order valence-corrected chi connectivity index (χ3v) is 0.880. The van der Waals surface area contributed by atoms with Gasteiger partial charge in [0, 0.05) is 6.61 Å². The highest BCUT2D eigenvalue weighted by Crippen LogP contribution is 1.91. The van der Waals surface area contributed by atoms with Gasteiger partial charge in [0.2, 0.25) is 0 Å². The monoisotopic (exact) mass is 142 g/mol. The first-order valence-corrected chi connectivity index (χ1v) is 3.45. The lowest BCUT2D eigenvalue weighted by atomic mass is 10.2. The maximum absolute atomic E-state index is 9.76. The van der Waals surface area contributed by atoms with Crippen molar-refractivity contribution in [1.82, 2.24) is 0 Å². The van der Waals surface area contributed by atoms with Crippen LogP contribution in [0.1, 0.15) is 13.8 Å². The lowest BCUT2D eigenvalue weighted by molar-refractivity contribution is -0.104. The summed E-state index contributed by atoms with van der Waals surface area (Å²) in [4.78, 5) is 9.76. The molecule has 0 aliphatic heterocycles. The molecule has 0 atom stereocenters. The highest BCUT2D eigenvalue weighted by atomic mass is 16.5. The van der Waals surface area contributed by atoms with Gasteiger partial charge in [0.05, 0.1) is 6.61 Å². The number of carbonyl (C=O) groups excluding carboxylic acids is 1. The first kappa shape index (κ1) is 9.37. The lowest BCUT2D eigenvalue weighted by Crippen LogP contribution is -2.01. The van der Waals surface area contributed by atoms with Crippen LogP contribution in [-0.4, -0.2) is 19.5 Å². The number of aldehydes is 1. The van der Waals surface area contributed by atoms with Crippen molar-refractivity contribution < 1.29 is 9.53 Å². The molecule has 0 aromatic rings. The van der Waals surface area contributed by atoms with Crippen LogP contribution in [0.4, 0.5) is 0 Å². The molecule has 10 heavy (non-hydrogen) atoms. The van der Waals surface area contributed by atoms with Crippen molar-refractivity contribution in [2.24, 2.45) is 5.92 Å². The summed E-state index contributed by atoms with van der Waals surface area (Å²) in [5.74, 6) is 0.560. The zero-order chi connectivity index (χ0) is 7.82. The first-order valence-electron chi connectivity index (χ1n) is 3.45. The molecule has 0 bridgehead atoms. The highest BCUT2D eigenvalue weighted by molar-refractivity contribution is 5.64. The minimum absolute atomic E-state index is 0.539. The average Bonchev–Trinajstić information content (AvgIpc) is 1.87. The van der Waals surface area contributed by atoms with E-state index in [-0.39, 0.29) is 0 Å². The van der Waals surface area contributed by atoms with Crippen molar-refractivity contribution in [3.63, 3.8) is 0 Å². The van der Waals surface area contributed by atoms with Gasteiger partial charge in [-0.05, 0) is 12.0 Å². The van der Waals surface area contributed by atoms with Gasteiger partial charge in [0.1, 0.15) is 6.29 Å². The Kier molecular flexibility index (Phi) is 6.08. The van der Waals surface area contributed by atoms with Gasteiger partial charge in [-0.2, -0.15) is 0 Å². The summed E-state index contributed by atoms with van der Waals surface area (Å²) in [6, 6.07) is 0. The van der Waals surface area contributed by atoms with Crippen LogP contribution in [0.25, 0.3) is 0 Å². The molecule has 0 rings (SSSR count). The smallest absolute Gasteiger partial charge is 0.142 e. The molecule has 0 aliphatic carbocycles. The molecule has 0 aromatic heterocycles. The highest BCUT2D eigenvalue weighted by Gasteiger charge is 1.89. The van der Waals surface area contributed by atoms with E-state index in [1.165, 1.54) is 6.08 Å². The Morgan fingerprint density at radius 3 is 2.70 bits per heavy atom. The second-order valence-electron chi connectivity index (χ2n) is 2.50. The van der Waals surface area contributed by atoms with E-state index in [0.717, 1.165) is 12.9 Å². The van der Waals surface area contributed by atoms with E-state index >= 15 is 0 Å². The fourth-order valence-corrected chi connectivity index (χ4v) is 0.483. The van der Waals surface area contributed by atoms with Crippen molar-refractivity contribution in [1.29, 1.82) is 0 Å². The predicted octanol–water partition coefficient (Wildman–Crippen LogP) is 1.41. The van der Waals surface area contributed by atoms with Crippen LogP contribution in [0.3, 0.4) is 0 Å². The Hall–Kier alpha value is -0.630. The molecule has 58 valence electrons. The molecular formula is C8H14O2. The van der Waals surface area contributed by atoms with Gasteiger partial charge < -0.3 is 4.74 Å². The molecule has 0 saturated carbocycles. The van der Waals surface area contributed by atoms with Crippen molar-refractivity contribution in [2.75, 3.05) is 13.2 Å². The van der Waals surface area contributed by atoms with E-state index in [1.54, 1.807) is 6.08 Å². The van der Waals surface area contributed by atoms with Crippen LogP contribution < -0.4 is 0 Å². The van der Waals surface area contributed by atoms with Crippen molar-refractivity contribution in [2.45, 2.75) is 13.8 Å². The normalized spacial score (nSPS) is 11.1. The number of rotatable bonds is 5. The van der Waals surface area contributed by atoms with Crippen LogP contribution >= 0.6 is 0 Å². The maximum atomic E-state index is 9.76. The van der Waals surface area contributed by atoms with Crippen LogP contribution in [0, 0.1) is 5.92 Å². The van der Waals surface area contributed by atoms with Gasteiger partial charge in [-0.25, -0.2) is 0 Å². The quantitative estimate of drug-likeness (QED) is 0.329. The van der Waals surface area contributed by atoms with Gasteiger partial charge in [0.15, 0.2) is 0 Å². The summed E-state index contributed by atoms with van der Waals surface area (Å²) in [6.45, 7) is 5.47. The second-order valence-corrected chi connectivity index (χ2v) is 2.50. The molecule has 0 radical (unpaired) electrons. The number of hydrogen-bond acceptors (Lipinski definition) is 2. The third kappa shape index (κ3) is 7.37. The molecule has 0 aliphatic rings. The van der Waals surface area contributed by atoms with Crippen molar-refractivity contribution in [3.8, 4) is 0 Å². The zero-order valence-electron chi connectivity index (χ0n) is 6.54. The number of ether oxygens (including phenoxy) is 1. The molecule has 2 nitrogen and oxygen atoms in total. The molecule has 0 amide bonds. The summed E-state index contributed by atoms with van der Waals surface area (Å²) < 4.78 is 5.15. The molecule has 0 fully saturated rings. The fraction of sp³-hybridized carbons (Fsp3) is 0.625. The first-order chi connectivity index (χ1) is 4.77. The number of carbonyl (C=O) groups is 1. The Morgan fingerprint density at radius 1 is 1.50 bits per heavy atom. The Labute approximate surface area is 61.9 Å². The molecule has 0 aromatic carbocycles. The van der Waals surface area contributed by atoms with Gasteiger partial charge in [0.25, 0.3) is 0 Å². The standard InChI is InChI=1S/C8H14O2/c1-8(2)7-10-6-4-3-5-9/h3-5,8H,6-7H2,1-2H3. The van der Waals surface area contributed by atoms with E-state index in [0.29, 0.717) is 12.5 Å². The van der Waals surface area contributed by atoms with E-state index in [1.807, 2.05) is 0 Å². The van der Waals surface area contributed by atoms with Crippen LogP contribution in [-0.2, 0) is 9.53 Å². The molecule has 0 N–H and O–H groups in total. The molecule has 2 heteroatoms. The van der Waals surface area contributed by atoms with E-state index < -0.39 is 0 Å². The molecule has 0 unspecified atom stereocenters. The molecule has 0 heterocycles. The van der Waals surface area contributed by atoms with Crippen molar-refractivity contribution in [3.05, 3.63) is 12.2 Å². The van der Waals surface area contributed by atoms with Gasteiger partial charge in [-0.1, -0.05) is 19.9 Å². The number of allylic oxidation sites excluding steroid dienone is 1. The molecule has 0 spiro atoms. The zero-order valence-corrected chi connectivity index (χ0v) is 6.54. The molecular weight excluding hydrogens is 128 g/mol. The van der Waals surface area contributed by atoms with E-state index in [2.05, 4.69) is 13.8 Å². The Balaban J connectivity index is 3.04. The fourth-order valence-electron chi connectivity index (χ4n) is 0.483. The van der Waals surface area contributed by atoms with Crippen LogP contribution in [0.15, 0.2) is 12.2 Å². The number of hydrogen-bond donors (Lipinski definition) is 0. The Bertz CT molecular complexity index is 106. The van der Waals surface area contributed by atoms with Gasteiger partial charge in [-0.15, -0.1) is 0 Å². The largest absolute Gasteiger partial charge is 0.377 e. The van der Waals surface area contributed by atoms with E-state index in [9.17, 15) is 4.79 Å². The minimum atomic E-state index is 0.539. The molecule has 0 saturated heterocycles. The summed E-state index contributed by atoms with van der Waals surface area (Å²) in [5, 5.41) is 0. The summed E-state index contributed by atoms with van der Waals surface area (Å²) in [7, 11) is 0. The predicted molar refractivity (Wildman–Crippen MR) is 40.9 cm³/mol. The summed E-state index contributed by atoms with van der Waals surface area (Å²) in [5.41, 5.74) is 0. The third-order valence-electron chi connectivity index (χ3n) is 0.880. The Morgan fingerprint density at radius 2 is 2.20 bits per heavy atom. The van der Waals surface area contributed by atoms with Gasteiger partial charge in [-0.3, -0.25) is 4.79 Å². The maximum Gasteiger partial charge on any atom is 0.142 e.